The molecule has 2 unspecified atom stereocenters. The fraction of sp³-hybridized carbons (Fsp3) is 0.667. The summed E-state index contributed by atoms with van der Waals surface area (Å²) in [5, 5.41) is 5.72. The van der Waals surface area contributed by atoms with E-state index in [2.05, 4.69) is 20.4 Å². The van der Waals surface area contributed by atoms with Crippen LogP contribution in [-0.4, -0.2) is 31.0 Å². The van der Waals surface area contributed by atoms with Crippen LogP contribution < -0.4 is 10.6 Å². The number of ether oxygens (including phenoxy) is 1. The molecule has 1 saturated carbocycles. The molecule has 1 fully saturated rings. The van der Waals surface area contributed by atoms with Crippen molar-refractivity contribution < 1.29 is 13.9 Å². The Morgan fingerprint density at radius 2 is 2.47 bits per heavy atom. The number of carbonyl (C=O) groups excluding carboxylic acids is 1. The zero-order valence-corrected chi connectivity index (χ0v) is 11.4. The molecule has 0 spiro atoms. The average molecular weight is 290 g/mol. The highest BCUT2D eigenvalue weighted by atomic mass is 35.5. The van der Waals surface area contributed by atoms with E-state index in [4.69, 9.17) is 11.6 Å². The molecule has 2 rings (SSSR count). The zero-order valence-electron chi connectivity index (χ0n) is 10.7. The van der Waals surface area contributed by atoms with Crippen LogP contribution in [0, 0.1) is 5.92 Å². The molecule has 1 heterocycles. The molecule has 0 bridgehead atoms. The van der Waals surface area contributed by atoms with Gasteiger partial charge in [-0.1, -0.05) is 18.0 Å². The van der Waals surface area contributed by atoms with Crippen LogP contribution in [0.1, 0.15) is 25.7 Å². The lowest BCUT2D eigenvalue weighted by atomic mass is 9.78. The van der Waals surface area contributed by atoms with Crippen LogP contribution in [0.4, 0.5) is 4.39 Å². The Kier molecular flexibility index (Phi) is 4.63. The Morgan fingerprint density at radius 1 is 1.74 bits per heavy atom. The summed E-state index contributed by atoms with van der Waals surface area (Å²) in [6.45, 7) is 0. The number of methoxy groups -OCH3 is 1. The van der Waals surface area contributed by atoms with Gasteiger partial charge >= 0.3 is 5.97 Å². The predicted octanol–water partition coefficient (Wildman–Crippen LogP) is 1.64. The summed E-state index contributed by atoms with van der Waals surface area (Å²) in [6.07, 6.45) is 4.48. The Morgan fingerprint density at radius 3 is 3.05 bits per heavy atom. The molecule has 5 nitrogen and oxygen atoms in total. The van der Waals surface area contributed by atoms with Crippen molar-refractivity contribution in [1.82, 2.24) is 10.6 Å². The number of rotatable bonds is 5. The van der Waals surface area contributed by atoms with Gasteiger partial charge in [-0.3, -0.25) is 4.79 Å². The van der Waals surface area contributed by atoms with Crippen molar-refractivity contribution in [3.63, 3.8) is 0 Å². The van der Waals surface area contributed by atoms with Gasteiger partial charge in [-0.2, -0.15) is 0 Å². The molecule has 0 aromatic heterocycles. The Bertz CT molecular complexity index is 410. The van der Waals surface area contributed by atoms with Gasteiger partial charge in [0.1, 0.15) is 5.82 Å². The van der Waals surface area contributed by atoms with E-state index in [9.17, 15) is 9.18 Å². The number of hydrogen-bond donors (Lipinski definition) is 2. The average Bonchev–Trinajstić information content (AvgIpc) is 2.31. The molecule has 0 radical (unpaired) electrons. The standard InChI is InChI=1S/C12H17ClFN3O2/c1-19-10(18)5-9(7-3-2-4-7)16-11-8(14)6-15-12(13)17-11/h6-7,9,12,16-17H,2-5H2,1H3. The number of alkyl halides is 1. The maximum absolute atomic E-state index is 13.6. The zero-order chi connectivity index (χ0) is 13.8. The molecule has 1 aliphatic heterocycles. The predicted molar refractivity (Wildman–Crippen MR) is 70.3 cm³/mol. The van der Waals surface area contributed by atoms with Gasteiger partial charge in [0, 0.05) is 6.04 Å². The van der Waals surface area contributed by atoms with E-state index >= 15 is 0 Å². The van der Waals surface area contributed by atoms with Gasteiger partial charge in [-0.05, 0) is 18.8 Å². The van der Waals surface area contributed by atoms with E-state index < -0.39 is 11.5 Å². The maximum atomic E-state index is 13.6. The third kappa shape index (κ3) is 3.59. The Hall–Kier alpha value is -1.30. The summed E-state index contributed by atoms with van der Waals surface area (Å²) >= 11 is 5.78. The van der Waals surface area contributed by atoms with E-state index in [1.165, 1.54) is 7.11 Å². The third-order valence-electron chi connectivity index (χ3n) is 3.48. The number of esters is 1. The summed E-state index contributed by atoms with van der Waals surface area (Å²) in [4.78, 5) is 15.1. The van der Waals surface area contributed by atoms with Gasteiger partial charge < -0.3 is 15.4 Å². The first-order chi connectivity index (χ1) is 9.10. The van der Waals surface area contributed by atoms with E-state index in [-0.39, 0.29) is 24.3 Å². The molecule has 2 N–H and O–H groups in total. The molecule has 1 aliphatic carbocycles. The fourth-order valence-electron chi connectivity index (χ4n) is 2.16. The number of allylic oxidation sites excluding steroid dienone is 1. The second-order valence-corrected chi connectivity index (χ2v) is 5.12. The van der Waals surface area contributed by atoms with Crippen LogP contribution >= 0.6 is 11.6 Å². The molecule has 0 saturated heterocycles. The highest BCUT2D eigenvalue weighted by Crippen LogP contribution is 2.31. The van der Waals surface area contributed by atoms with Crippen molar-refractivity contribution in [2.75, 3.05) is 7.11 Å². The summed E-state index contributed by atoms with van der Waals surface area (Å²) in [7, 11) is 1.35. The van der Waals surface area contributed by atoms with Gasteiger partial charge in [0.05, 0.1) is 19.7 Å². The molecular weight excluding hydrogens is 273 g/mol. The lowest BCUT2D eigenvalue weighted by molar-refractivity contribution is -0.141. The number of aliphatic imine (C=N–C) groups is 1. The minimum absolute atomic E-state index is 0.148. The van der Waals surface area contributed by atoms with Crippen molar-refractivity contribution in [3.8, 4) is 0 Å². The van der Waals surface area contributed by atoms with Gasteiger partial charge in [-0.25, -0.2) is 9.38 Å². The lowest BCUT2D eigenvalue weighted by Gasteiger charge is -2.35. The van der Waals surface area contributed by atoms with Gasteiger partial charge in [0.2, 0.25) is 0 Å². The van der Waals surface area contributed by atoms with E-state index in [0.717, 1.165) is 25.5 Å². The first kappa shape index (κ1) is 14.1. The maximum Gasteiger partial charge on any atom is 0.307 e. The summed E-state index contributed by atoms with van der Waals surface area (Å²) in [5.41, 5.74) is -0.692. The second-order valence-electron chi connectivity index (χ2n) is 4.70. The first-order valence-electron chi connectivity index (χ1n) is 6.27. The van der Waals surface area contributed by atoms with Gasteiger partial charge in [0.15, 0.2) is 11.5 Å². The lowest BCUT2D eigenvalue weighted by Crippen LogP contribution is -2.46. The minimum atomic E-state index is -0.692. The summed E-state index contributed by atoms with van der Waals surface area (Å²) < 4.78 is 18.3. The first-order valence-corrected chi connectivity index (χ1v) is 6.70. The van der Waals surface area contributed by atoms with Crippen LogP contribution in [0.15, 0.2) is 16.6 Å². The number of carbonyl (C=O) groups is 1. The number of hydrogen-bond acceptors (Lipinski definition) is 5. The summed E-state index contributed by atoms with van der Waals surface area (Å²) in [5.74, 6) is -0.270. The van der Waals surface area contributed by atoms with Crippen molar-refractivity contribution in [2.24, 2.45) is 10.9 Å². The van der Waals surface area contributed by atoms with Gasteiger partial charge in [-0.15, -0.1) is 0 Å². The van der Waals surface area contributed by atoms with Gasteiger partial charge in [0.25, 0.3) is 0 Å². The molecule has 2 aliphatic rings. The molecule has 0 amide bonds. The van der Waals surface area contributed by atoms with Crippen LogP contribution in [0.3, 0.4) is 0 Å². The fourth-order valence-corrected chi connectivity index (χ4v) is 2.32. The van der Waals surface area contributed by atoms with Crippen molar-refractivity contribution in [2.45, 2.75) is 37.4 Å². The largest absolute Gasteiger partial charge is 0.469 e. The smallest absolute Gasteiger partial charge is 0.307 e. The molecule has 0 aromatic carbocycles. The number of nitrogens with one attached hydrogen (secondary N) is 2. The second kappa shape index (κ2) is 6.23. The highest BCUT2D eigenvalue weighted by Gasteiger charge is 2.31. The molecule has 106 valence electrons. The van der Waals surface area contributed by atoms with E-state index in [1.807, 2.05) is 0 Å². The number of halogens is 2. The van der Waals surface area contributed by atoms with E-state index in [0.29, 0.717) is 5.92 Å². The SMILES string of the molecule is COC(=O)CC(NC1=C(F)C=NC(Cl)N1)C1CCC1. The molecular formula is C12H17ClFN3O2. The Labute approximate surface area is 116 Å². The third-order valence-corrected chi connectivity index (χ3v) is 3.71. The quantitative estimate of drug-likeness (QED) is 0.459. The molecule has 19 heavy (non-hydrogen) atoms. The van der Waals surface area contributed by atoms with Crippen molar-refractivity contribution in [1.29, 1.82) is 0 Å². The number of nitrogens with zero attached hydrogens (tertiary/aromatic N) is 1. The topological polar surface area (TPSA) is 62.7 Å². The molecule has 0 aromatic rings. The monoisotopic (exact) mass is 289 g/mol. The van der Waals surface area contributed by atoms with Crippen LogP contribution in [0.5, 0.6) is 0 Å². The molecule has 2 atom stereocenters. The van der Waals surface area contributed by atoms with Crippen LogP contribution in [-0.2, 0) is 9.53 Å². The van der Waals surface area contributed by atoms with Crippen LogP contribution in [0.25, 0.3) is 0 Å². The minimum Gasteiger partial charge on any atom is -0.469 e. The normalized spacial score (nSPS) is 24.5. The van der Waals surface area contributed by atoms with E-state index in [1.54, 1.807) is 0 Å². The molecule has 7 heteroatoms. The summed E-state index contributed by atoms with van der Waals surface area (Å²) in [6, 6.07) is -0.148. The highest BCUT2D eigenvalue weighted by molar-refractivity contribution is 6.21. The van der Waals surface area contributed by atoms with Crippen molar-refractivity contribution in [3.05, 3.63) is 11.6 Å². The van der Waals surface area contributed by atoms with Crippen LogP contribution in [0.2, 0.25) is 0 Å². The van der Waals surface area contributed by atoms with Crippen molar-refractivity contribution >= 4 is 23.8 Å². The Balaban J connectivity index is 2.02.